The number of hydrogen-bond acceptors (Lipinski definition) is 6. The molecule has 1 aromatic rings. The number of nitrogen functional groups attached to an aromatic ring is 2. The molecule has 0 bridgehead atoms. The van der Waals surface area contributed by atoms with Crippen molar-refractivity contribution in [3.05, 3.63) is 0 Å². The molecule has 1 heterocycles. The molecule has 0 unspecified atom stereocenters. The first kappa shape index (κ1) is 11.5. The quantitative estimate of drug-likeness (QED) is 0.741. The van der Waals surface area contributed by atoms with Crippen molar-refractivity contribution in [1.82, 2.24) is 15.0 Å². The van der Waals surface area contributed by atoms with Crippen LogP contribution in [0.5, 0.6) is 0 Å². The van der Waals surface area contributed by atoms with Crippen LogP contribution in [-0.4, -0.2) is 28.0 Å². The Kier molecular flexibility index (Phi) is 4.08. The fraction of sp³-hybridized carbons (Fsp3) is 0.667. The van der Waals surface area contributed by atoms with Gasteiger partial charge in [0.15, 0.2) is 0 Å². The predicted molar refractivity (Wildman–Crippen MR) is 61.4 cm³/mol. The average molecular weight is 210 g/mol. The van der Waals surface area contributed by atoms with Gasteiger partial charge in [-0.3, -0.25) is 0 Å². The summed E-state index contributed by atoms with van der Waals surface area (Å²) in [5.41, 5.74) is 11.0. The Hall–Kier alpha value is -1.59. The Bertz CT molecular complexity index is 293. The molecule has 0 atom stereocenters. The van der Waals surface area contributed by atoms with E-state index < -0.39 is 0 Å². The number of nitrogens with two attached hydrogens (primary N) is 2. The van der Waals surface area contributed by atoms with Crippen molar-refractivity contribution < 1.29 is 0 Å². The summed E-state index contributed by atoms with van der Waals surface area (Å²) >= 11 is 0. The van der Waals surface area contributed by atoms with Gasteiger partial charge in [0, 0.05) is 13.1 Å². The molecular formula is C9H18N6. The monoisotopic (exact) mass is 210 g/mol. The van der Waals surface area contributed by atoms with Crippen LogP contribution in [0.15, 0.2) is 0 Å². The van der Waals surface area contributed by atoms with Crippen molar-refractivity contribution in [1.29, 1.82) is 0 Å². The van der Waals surface area contributed by atoms with Crippen LogP contribution in [0.1, 0.15) is 26.7 Å². The topological polar surface area (TPSA) is 94.0 Å². The number of aromatic nitrogens is 3. The first-order chi connectivity index (χ1) is 7.17. The lowest BCUT2D eigenvalue weighted by molar-refractivity contribution is 0.713. The van der Waals surface area contributed by atoms with Gasteiger partial charge in [0.2, 0.25) is 17.8 Å². The zero-order valence-corrected chi connectivity index (χ0v) is 9.27. The van der Waals surface area contributed by atoms with Gasteiger partial charge in [-0.25, -0.2) is 0 Å². The highest BCUT2D eigenvalue weighted by Crippen LogP contribution is 2.10. The van der Waals surface area contributed by atoms with E-state index in [4.69, 9.17) is 11.5 Å². The third kappa shape index (κ3) is 3.23. The molecule has 0 aliphatic rings. The van der Waals surface area contributed by atoms with Crippen LogP contribution < -0.4 is 16.4 Å². The maximum atomic E-state index is 5.51. The van der Waals surface area contributed by atoms with E-state index in [1.165, 1.54) is 0 Å². The summed E-state index contributed by atoms with van der Waals surface area (Å²) in [7, 11) is 0. The van der Waals surface area contributed by atoms with Gasteiger partial charge in [0.1, 0.15) is 0 Å². The van der Waals surface area contributed by atoms with Crippen molar-refractivity contribution in [2.75, 3.05) is 29.5 Å². The summed E-state index contributed by atoms with van der Waals surface area (Å²) in [5, 5.41) is 0. The van der Waals surface area contributed by atoms with Crippen LogP contribution in [0.4, 0.5) is 17.8 Å². The summed E-state index contributed by atoms with van der Waals surface area (Å²) < 4.78 is 0. The number of nitrogens with zero attached hydrogens (tertiary/aromatic N) is 4. The minimum absolute atomic E-state index is 0.174. The van der Waals surface area contributed by atoms with Crippen molar-refractivity contribution in [3.8, 4) is 0 Å². The second-order valence-corrected chi connectivity index (χ2v) is 3.29. The predicted octanol–water partition coefficient (Wildman–Crippen LogP) is 0.662. The maximum absolute atomic E-state index is 5.51. The standard InChI is InChI=1S/C9H18N6/c1-3-5-6-15(4-2)9-13-7(10)12-8(11)14-9/h3-6H2,1-2H3,(H4,10,11,12,13,14). The normalized spacial score (nSPS) is 10.3. The van der Waals surface area contributed by atoms with Gasteiger partial charge in [0.05, 0.1) is 0 Å². The Morgan fingerprint density at radius 1 is 1.07 bits per heavy atom. The van der Waals surface area contributed by atoms with Crippen molar-refractivity contribution in [2.45, 2.75) is 26.7 Å². The van der Waals surface area contributed by atoms with E-state index in [0.717, 1.165) is 25.9 Å². The average Bonchev–Trinajstić information content (AvgIpc) is 2.17. The lowest BCUT2D eigenvalue weighted by atomic mass is 10.3. The molecule has 0 aliphatic heterocycles. The fourth-order valence-corrected chi connectivity index (χ4v) is 1.29. The molecule has 6 nitrogen and oxygen atoms in total. The molecule has 6 heteroatoms. The molecule has 0 spiro atoms. The van der Waals surface area contributed by atoms with E-state index in [0.29, 0.717) is 5.95 Å². The number of anilines is 3. The minimum atomic E-state index is 0.174. The second-order valence-electron chi connectivity index (χ2n) is 3.29. The third-order valence-electron chi connectivity index (χ3n) is 2.10. The molecule has 0 aliphatic carbocycles. The Morgan fingerprint density at radius 3 is 2.13 bits per heavy atom. The number of hydrogen-bond donors (Lipinski definition) is 2. The Balaban J connectivity index is 2.81. The van der Waals surface area contributed by atoms with Gasteiger partial charge in [0.25, 0.3) is 0 Å². The van der Waals surface area contributed by atoms with E-state index in [-0.39, 0.29) is 11.9 Å². The molecular weight excluding hydrogens is 192 g/mol. The molecule has 0 saturated carbocycles. The Morgan fingerprint density at radius 2 is 1.67 bits per heavy atom. The van der Waals surface area contributed by atoms with Crippen LogP contribution in [-0.2, 0) is 0 Å². The second kappa shape index (κ2) is 5.33. The number of rotatable bonds is 5. The molecule has 84 valence electrons. The van der Waals surface area contributed by atoms with E-state index in [2.05, 4.69) is 21.9 Å². The highest BCUT2D eigenvalue weighted by molar-refractivity contribution is 5.39. The SMILES string of the molecule is CCCCN(CC)c1nc(N)nc(N)n1. The highest BCUT2D eigenvalue weighted by Gasteiger charge is 2.08. The van der Waals surface area contributed by atoms with Crippen LogP contribution >= 0.6 is 0 Å². The third-order valence-corrected chi connectivity index (χ3v) is 2.10. The van der Waals surface area contributed by atoms with Gasteiger partial charge < -0.3 is 16.4 Å². The largest absolute Gasteiger partial charge is 0.368 e. The van der Waals surface area contributed by atoms with Gasteiger partial charge >= 0.3 is 0 Å². The molecule has 15 heavy (non-hydrogen) atoms. The zero-order chi connectivity index (χ0) is 11.3. The molecule has 0 amide bonds. The summed E-state index contributed by atoms with van der Waals surface area (Å²) in [6.07, 6.45) is 2.23. The van der Waals surface area contributed by atoms with E-state index in [9.17, 15) is 0 Å². The van der Waals surface area contributed by atoms with Crippen LogP contribution in [0.25, 0.3) is 0 Å². The van der Waals surface area contributed by atoms with Gasteiger partial charge in [-0.15, -0.1) is 0 Å². The lowest BCUT2D eigenvalue weighted by Gasteiger charge is -2.20. The zero-order valence-electron chi connectivity index (χ0n) is 9.27. The van der Waals surface area contributed by atoms with Gasteiger partial charge in [-0.2, -0.15) is 15.0 Å². The Labute approximate surface area is 89.7 Å². The van der Waals surface area contributed by atoms with Crippen LogP contribution in [0.3, 0.4) is 0 Å². The molecule has 0 saturated heterocycles. The first-order valence-electron chi connectivity index (χ1n) is 5.19. The van der Waals surface area contributed by atoms with Crippen LogP contribution in [0.2, 0.25) is 0 Å². The summed E-state index contributed by atoms with van der Waals surface area (Å²) in [4.78, 5) is 13.9. The van der Waals surface area contributed by atoms with Gasteiger partial charge in [-0.05, 0) is 13.3 Å². The molecule has 1 rings (SSSR count). The van der Waals surface area contributed by atoms with E-state index >= 15 is 0 Å². The molecule has 1 aromatic heterocycles. The van der Waals surface area contributed by atoms with Crippen LogP contribution in [0, 0.1) is 0 Å². The smallest absolute Gasteiger partial charge is 0.231 e. The summed E-state index contributed by atoms with van der Waals surface area (Å²) in [5.74, 6) is 0.913. The molecule has 4 N–H and O–H groups in total. The maximum Gasteiger partial charge on any atom is 0.231 e. The molecule has 0 aromatic carbocycles. The van der Waals surface area contributed by atoms with E-state index in [1.54, 1.807) is 0 Å². The fourth-order valence-electron chi connectivity index (χ4n) is 1.29. The molecule has 0 radical (unpaired) electrons. The van der Waals surface area contributed by atoms with E-state index in [1.807, 2.05) is 11.8 Å². The van der Waals surface area contributed by atoms with Crippen molar-refractivity contribution in [2.24, 2.45) is 0 Å². The number of unbranched alkanes of at least 4 members (excludes halogenated alkanes) is 1. The summed E-state index contributed by atoms with van der Waals surface area (Å²) in [6, 6.07) is 0. The van der Waals surface area contributed by atoms with Crippen molar-refractivity contribution >= 4 is 17.8 Å². The van der Waals surface area contributed by atoms with Gasteiger partial charge in [-0.1, -0.05) is 13.3 Å². The molecule has 0 fully saturated rings. The summed E-state index contributed by atoms with van der Waals surface area (Å²) in [6.45, 7) is 5.94. The first-order valence-corrected chi connectivity index (χ1v) is 5.19. The lowest BCUT2D eigenvalue weighted by Crippen LogP contribution is -2.26. The highest BCUT2D eigenvalue weighted by atomic mass is 15.3. The van der Waals surface area contributed by atoms with Crippen molar-refractivity contribution in [3.63, 3.8) is 0 Å². The minimum Gasteiger partial charge on any atom is -0.368 e.